The molecule has 0 aliphatic carbocycles. The van der Waals surface area contributed by atoms with Crippen LogP contribution in [0, 0.1) is 6.92 Å². The topological polar surface area (TPSA) is 66.8 Å². The number of aryl methyl sites for hydroxylation is 1. The molecule has 1 fully saturated rings. The van der Waals surface area contributed by atoms with E-state index in [0.717, 1.165) is 0 Å². The molecule has 1 N–H and O–H groups in total. The fraction of sp³-hybridized carbons (Fsp3) is 0.571. The number of hydrogen-bond donors (Lipinski definition) is 1. The van der Waals surface area contributed by atoms with Gasteiger partial charge >= 0.3 is 0 Å². The second-order valence-electron chi connectivity index (χ2n) is 5.51. The van der Waals surface area contributed by atoms with Gasteiger partial charge in [-0.25, -0.2) is 8.42 Å². The Morgan fingerprint density at radius 2 is 2.00 bits per heavy atom. The first kappa shape index (κ1) is 16.7. The van der Waals surface area contributed by atoms with Gasteiger partial charge in [0.05, 0.1) is 10.5 Å². The molecule has 0 aromatic heterocycles. The summed E-state index contributed by atoms with van der Waals surface area (Å²) in [4.78, 5) is 0.213. The van der Waals surface area contributed by atoms with E-state index in [4.69, 9.17) is 16.3 Å². The summed E-state index contributed by atoms with van der Waals surface area (Å²) in [5, 5.41) is 11.0. The van der Waals surface area contributed by atoms with Crippen LogP contribution in [-0.2, 0) is 14.8 Å². The monoisotopic (exact) mass is 333 g/mol. The number of sulfonamides is 1. The molecule has 1 aliphatic rings. The fourth-order valence-corrected chi connectivity index (χ4v) is 4.16. The van der Waals surface area contributed by atoms with Crippen LogP contribution in [0.25, 0.3) is 0 Å². The van der Waals surface area contributed by atoms with Crippen molar-refractivity contribution in [1.29, 1.82) is 0 Å². The van der Waals surface area contributed by atoms with E-state index in [2.05, 4.69) is 0 Å². The van der Waals surface area contributed by atoms with E-state index in [1.807, 2.05) is 0 Å². The van der Waals surface area contributed by atoms with Crippen molar-refractivity contribution in [3.05, 3.63) is 28.8 Å². The zero-order chi connectivity index (χ0) is 15.7. The second-order valence-corrected chi connectivity index (χ2v) is 7.96. The molecule has 21 heavy (non-hydrogen) atoms. The maximum atomic E-state index is 12.6. The number of benzene rings is 1. The maximum Gasteiger partial charge on any atom is 0.243 e. The van der Waals surface area contributed by atoms with Crippen molar-refractivity contribution in [2.24, 2.45) is 0 Å². The minimum absolute atomic E-state index is 0.0563. The number of nitrogens with zero attached hydrogens (tertiary/aromatic N) is 1. The van der Waals surface area contributed by atoms with Gasteiger partial charge in [-0.1, -0.05) is 11.6 Å². The summed E-state index contributed by atoms with van der Waals surface area (Å²) in [5.74, 6) is 0. The van der Waals surface area contributed by atoms with Gasteiger partial charge in [-0.3, -0.25) is 0 Å². The molecule has 2 rings (SSSR count). The van der Waals surface area contributed by atoms with Crippen molar-refractivity contribution in [3.8, 4) is 0 Å². The van der Waals surface area contributed by atoms with Gasteiger partial charge in [-0.15, -0.1) is 0 Å². The lowest BCUT2D eigenvalue weighted by molar-refractivity contribution is -0.0689. The van der Waals surface area contributed by atoms with Crippen molar-refractivity contribution in [2.45, 2.75) is 30.3 Å². The smallest absolute Gasteiger partial charge is 0.243 e. The zero-order valence-corrected chi connectivity index (χ0v) is 13.7. The SMILES string of the molecule is Cc1cc(Cl)ccc1S(=O)(=O)N(C)CC1(O)CCOCC1. The number of likely N-dealkylation sites (N-methyl/N-ethyl adjacent to an activating group) is 1. The van der Waals surface area contributed by atoms with E-state index in [9.17, 15) is 13.5 Å². The summed E-state index contributed by atoms with van der Waals surface area (Å²) in [7, 11) is -2.17. The Morgan fingerprint density at radius 3 is 2.57 bits per heavy atom. The van der Waals surface area contributed by atoms with Crippen molar-refractivity contribution in [1.82, 2.24) is 4.31 Å². The first-order valence-corrected chi connectivity index (χ1v) is 8.59. The molecule has 1 aromatic carbocycles. The first-order chi connectivity index (χ1) is 9.74. The second kappa shape index (κ2) is 6.22. The van der Waals surface area contributed by atoms with Crippen LogP contribution in [0.5, 0.6) is 0 Å². The van der Waals surface area contributed by atoms with Crippen molar-refractivity contribution >= 4 is 21.6 Å². The van der Waals surface area contributed by atoms with E-state index in [1.54, 1.807) is 19.1 Å². The van der Waals surface area contributed by atoms with E-state index in [-0.39, 0.29) is 11.4 Å². The molecule has 5 nitrogen and oxygen atoms in total. The molecule has 0 unspecified atom stereocenters. The molecule has 0 amide bonds. The van der Waals surface area contributed by atoms with Crippen molar-refractivity contribution in [2.75, 3.05) is 26.8 Å². The molecule has 1 heterocycles. The Kier molecular flexibility index (Phi) is 4.95. The standard InChI is InChI=1S/C14H20ClNO4S/c1-11-9-12(15)3-4-13(11)21(18,19)16(2)10-14(17)5-7-20-8-6-14/h3-4,9,17H,5-8,10H2,1-2H3. The maximum absolute atomic E-state index is 12.6. The first-order valence-electron chi connectivity index (χ1n) is 6.77. The van der Waals surface area contributed by atoms with Crippen molar-refractivity contribution < 1.29 is 18.3 Å². The minimum atomic E-state index is -3.65. The molecule has 0 radical (unpaired) electrons. The largest absolute Gasteiger partial charge is 0.388 e. The molecular weight excluding hydrogens is 314 g/mol. The molecule has 0 atom stereocenters. The van der Waals surface area contributed by atoms with Crippen LogP contribution in [-0.4, -0.2) is 50.2 Å². The molecule has 1 aromatic rings. The lowest BCUT2D eigenvalue weighted by Crippen LogP contribution is -2.47. The van der Waals surface area contributed by atoms with Crippen molar-refractivity contribution in [3.63, 3.8) is 0 Å². The number of hydrogen-bond acceptors (Lipinski definition) is 4. The third-order valence-electron chi connectivity index (χ3n) is 3.77. The van der Waals surface area contributed by atoms with Crippen LogP contribution in [0.2, 0.25) is 5.02 Å². The van der Waals surface area contributed by atoms with E-state index >= 15 is 0 Å². The van der Waals surface area contributed by atoms with Gasteiger partial charge in [0.2, 0.25) is 10.0 Å². The fourth-order valence-electron chi connectivity index (χ4n) is 2.48. The summed E-state index contributed by atoms with van der Waals surface area (Å²) in [5.41, 5.74) is -0.436. The van der Waals surface area contributed by atoms with Gasteiger partial charge in [0.15, 0.2) is 0 Å². The minimum Gasteiger partial charge on any atom is -0.388 e. The van der Waals surface area contributed by atoms with E-state index in [1.165, 1.54) is 17.4 Å². The Balaban J connectivity index is 2.22. The zero-order valence-electron chi connectivity index (χ0n) is 12.2. The summed E-state index contributed by atoms with van der Waals surface area (Å²) in [6.45, 7) is 2.66. The van der Waals surface area contributed by atoms with Gasteiger partial charge in [0.25, 0.3) is 0 Å². The van der Waals surface area contributed by atoms with E-state index in [0.29, 0.717) is 36.6 Å². The number of rotatable bonds is 4. The van der Waals surface area contributed by atoms with Crippen LogP contribution < -0.4 is 0 Å². The number of halogens is 1. The predicted molar refractivity (Wildman–Crippen MR) is 81.0 cm³/mol. The van der Waals surface area contributed by atoms with Gasteiger partial charge in [-0.2, -0.15) is 4.31 Å². The normalized spacial score (nSPS) is 18.9. The van der Waals surface area contributed by atoms with Gasteiger partial charge < -0.3 is 9.84 Å². The number of ether oxygens (including phenoxy) is 1. The van der Waals surface area contributed by atoms with Crippen LogP contribution in [0.15, 0.2) is 23.1 Å². The van der Waals surface area contributed by atoms with Crippen LogP contribution in [0.1, 0.15) is 18.4 Å². The summed E-state index contributed by atoms with van der Waals surface area (Å²) in [6, 6.07) is 4.67. The highest BCUT2D eigenvalue weighted by molar-refractivity contribution is 7.89. The highest BCUT2D eigenvalue weighted by atomic mass is 35.5. The molecule has 118 valence electrons. The van der Waals surface area contributed by atoms with Gasteiger partial charge in [-0.05, 0) is 30.7 Å². The molecule has 0 saturated carbocycles. The quantitative estimate of drug-likeness (QED) is 0.912. The predicted octanol–water partition coefficient (Wildman–Crippen LogP) is 1.81. The molecule has 1 aliphatic heterocycles. The summed E-state index contributed by atoms with van der Waals surface area (Å²) >= 11 is 5.86. The summed E-state index contributed by atoms with van der Waals surface area (Å²) in [6.07, 6.45) is 0.874. The van der Waals surface area contributed by atoms with Crippen LogP contribution >= 0.6 is 11.6 Å². The Morgan fingerprint density at radius 1 is 1.38 bits per heavy atom. The molecular formula is C14H20ClNO4S. The highest BCUT2D eigenvalue weighted by Gasteiger charge is 2.35. The molecule has 0 bridgehead atoms. The van der Waals surface area contributed by atoms with E-state index < -0.39 is 15.6 Å². The van der Waals surface area contributed by atoms with Crippen LogP contribution in [0.3, 0.4) is 0 Å². The third-order valence-corrected chi connectivity index (χ3v) is 5.96. The highest BCUT2D eigenvalue weighted by Crippen LogP contribution is 2.26. The third kappa shape index (κ3) is 3.76. The number of aliphatic hydroxyl groups is 1. The average Bonchev–Trinajstić information content (AvgIpc) is 2.38. The Labute approximate surface area is 130 Å². The molecule has 0 spiro atoms. The van der Waals surface area contributed by atoms with Crippen LogP contribution in [0.4, 0.5) is 0 Å². The van der Waals surface area contributed by atoms with Gasteiger partial charge in [0, 0.05) is 44.7 Å². The Bertz CT molecular complexity index is 611. The molecule has 7 heteroatoms. The van der Waals surface area contributed by atoms with Gasteiger partial charge in [0.1, 0.15) is 0 Å². The lowest BCUT2D eigenvalue weighted by Gasteiger charge is -2.35. The molecule has 1 saturated heterocycles. The Hall–Kier alpha value is -0.660. The summed E-state index contributed by atoms with van der Waals surface area (Å²) < 4.78 is 31.7. The lowest BCUT2D eigenvalue weighted by atomic mass is 9.95. The average molecular weight is 334 g/mol.